The molecule has 3 heterocycles. The van der Waals surface area contributed by atoms with E-state index in [4.69, 9.17) is 57.9 Å². The molecule has 3 aliphatic rings. The van der Waals surface area contributed by atoms with Crippen LogP contribution in [0.15, 0.2) is 120 Å². The zero-order chi connectivity index (χ0) is 58.3. The summed E-state index contributed by atoms with van der Waals surface area (Å²) in [7, 11) is 2.46. The zero-order valence-electron chi connectivity index (χ0n) is 41.6. The number of amides is 2. The Labute approximate surface area is 472 Å². The molecular weight excluding hydrogens is 1130 g/mol. The molecule has 20 nitrogen and oxygen atoms in total. The Morgan fingerprint density at radius 2 is 1.31 bits per heavy atom. The number of rotatable bonds is 13. The first-order valence-electron chi connectivity index (χ1n) is 23.4. The van der Waals surface area contributed by atoms with Crippen LogP contribution in [0.5, 0.6) is 0 Å². The maximum absolute atomic E-state index is 15.5. The molecule has 0 saturated carbocycles. The number of carbonyl (C=O) groups is 6. The number of nitrogens with two attached hydrogens (primary N) is 2. The maximum atomic E-state index is 15.5. The van der Waals surface area contributed by atoms with Crippen molar-refractivity contribution in [1.29, 1.82) is 0 Å². The standard InChI is InChI=1S/C27H21Cl2FN4O6.C19H16ClN3O4.C8H5ClFNO2/c1-40-25(36)12-5-7-14(18(31)9-12)21(35)11-20-24(34(38)39)22(15-3-2-4-17(29)23(15)30)27(33-20)16-8-6-13(28)10-19(16)32-26(27)37;1-27-19(26)10-2-4-12(14(21)8-10)16(24)6-7-22-17-13-5-3-11(20)9-15(13)23-18(17)25;9-7-3-1-2-6(8(7)10)4-5-11(12)13/h2-10,20,22,24,33H,11,31H2,1H3,(H,32,37);2-5,8-9H,6-7,21H2,1H3,(H,22,23,25);1-5H/b;;5-4+/t20-,22-,24+,27+;;/m0../s1. The monoisotopic (exact) mass is 1170 g/mol. The number of nitro groups is 2. The van der Waals surface area contributed by atoms with Crippen LogP contribution in [0.1, 0.15) is 82.4 Å². The number of ketones is 2. The first kappa shape index (κ1) is 59.0. The number of aliphatic imine (C=N–C) groups is 1. The van der Waals surface area contributed by atoms with E-state index in [0.29, 0.717) is 44.3 Å². The molecule has 412 valence electrons. The highest BCUT2D eigenvalue weighted by Crippen LogP contribution is 2.54. The van der Waals surface area contributed by atoms with Crippen LogP contribution in [-0.2, 0) is 24.6 Å². The Hall–Kier alpha value is -8.67. The SMILES string of the molecule is COC(=O)c1ccc(C(=O)CCN=C2C(=O)Nc3cc(Cl)ccc32)c(N)c1.COC(=O)c1ccc(C(=O)C[C@@H]2N[C@@]3(C(=O)Nc4cc(Cl)ccc43)[C@@H](c3cccc(Cl)c3F)[C@@H]2[N+](=O)[O-])c(N)c1.O=[N+]([O-])/C=C/c1cccc(Cl)c1F. The van der Waals surface area contributed by atoms with Crippen molar-refractivity contribution in [1.82, 2.24) is 5.32 Å². The van der Waals surface area contributed by atoms with Crippen molar-refractivity contribution in [3.05, 3.63) is 212 Å². The minimum absolute atomic E-state index is 0.0195. The lowest BCUT2D eigenvalue weighted by Crippen LogP contribution is -2.49. The number of nitrogens with zero attached hydrogens (tertiary/aromatic N) is 3. The van der Waals surface area contributed by atoms with Gasteiger partial charge in [-0.3, -0.25) is 49.7 Å². The first-order valence-corrected chi connectivity index (χ1v) is 24.9. The number of fused-ring (bicyclic) bond motifs is 3. The Balaban J connectivity index is 0.000000198. The van der Waals surface area contributed by atoms with Gasteiger partial charge >= 0.3 is 11.9 Å². The van der Waals surface area contributed by atoms with Crippen LogP contribution < -0.4 is 27.4 Å². The molecule has 0 aromatic heterocycles. The average Bonchev–Trinajstić information content (AvgIpc) is 3.89. The molecule has 26 heteroatoms. The van der Waals surface area contributed by atoms with Crippen LogP contribution >= 0.6 is 46.4 Å². The van der Waals surface area contributed by atoms with E-state index in [9.17, 15) is 53.4 Å². The molecule has 1 saturated heterocycles. The van der Waals surface area contributed by atoms with E-state index in [1.54, 1.807) is 18.2 Å². The van der Waals surface area contributed by atoms with Gasteiger partial charge in [0.2, 0.25) is 18.1 Å². The Morgan fingerprint density at radius 1 is 0.738 bits per heavy atom. The van der Waals surface area contributed by atoms with E-state index in [1.807, 2.05) is 0 Å². The highest BCUT2D eigenvalue weighted by Gasteiger charge is 2.67. The summed E-state index contributed by atoms with van der Waals surface area (Å²) in [5.41, 5.74) is 13.0. The van der Waals surface area contributed by atoms with E-state index in [1.165, 1.54) is 105 Å². The fourth-order valence-electron chi connectivity index (χ4n) is 9.25. The second-order valence-corrected chi connectivity index (χ2v) is 19.3. The van der Waals surface area contributed by atoms with Gasteiger partial charge in [0.15, 0.2) is 11.6 Å². The van der Waals surface area contributed by atoms with Crippen LogP contribution in [0, 0.1) is 31.9 Å². The minimum atomic E-state index is -1.82. The van der Waals surface area contributed by atoms with Gasteiger partial charge in [0.1, 0.15) is 22.9 Å². The van der Waals surface area contributed by atoms with E-state index in [2.05, 4.69) is 30.4 Å². The summed E-state index contributed by atoms with van der Waals surface area (Å²) in [5, 5.41) is 31.4. The topological polar surface area (TPSA) is 308 Å². The molecule has 80 heavy (non-hydrogen) atoms. The predicted octanol–water partition coefficient (Wildman–Crippen LogP) is 9.77. The highest BCUT2D eigenvalue weighted by molar-refractivity contribution is 6.54. The van der Waals surface area contributed by atoms with Crippen molar-refractivity contribution in [2.24, 2.45) is 4.99 Å². The number of carbonyl (C=O) groups excluding carboxylic acids is 6. The zero-order valence-corrected chi connectivity index (χ0v) is 44.6. The second kappa shape index (κ2) is 25.0. The first-order chi connectivity index (χ1) is 38.0. The van der Waals surface area contributed by atoms with Crippen molar-refractivity contribution in [3.63, 3.8) is 0 Å². The molecule has 6 aromatic carbocycles. The summed E-state index contributed by atoms with van der Waals surface area (Å²) in [6.45, 7) is 0.127. The molecule has 4 atom stereocenters. The van der Waals surface area contributed by atoms with Crippen molar-refractivity contribution < 1.29 is 56.9 Å². The number of nitrogen functional groups attached to an aromatic ring is 2. The average molecular weight is 1170 g/mol. The van der Waals surface area contributed by atoms with Gasteiger partial charge in [0.05, 0.1) is 58.0 Å². The molecule has 0 unspecified atom stereocenters. The van der Waals surface area contributed by atoms with Crippen molar-refractivity contribution >= 4 is 116 Å². The molecular formula is C54H42Cl4F2N8O12. The van der Waals surface area contributed by atoms with Gasteiger partial charge < -0.3 is 31.6 Å². The van der Waals surface area contributed by atoms with Crippen LogP contribution in [0.4, 0.5) is 31.5 Å². The molecule has 1 fully saturated rings. The smallest absolute Gasteiger partial charge is 0.337 e. The molecule has 0 bridgehead atoms. The normalized spacial score (nSPS) is 18.0. The van der Waals surface area contributed by atoms with Crippen LogP contribution in [0.25, 0.3) is 6.08 Å². The van der Waals surface area contributed by atoms with Gasteiger partial charge in [-0.1, -0.05) is 76.7 Å². The summed E-state index contributed by atoms with van der Waals surface area (Å²) in [4.78, 5) is 100. The number of esters is 2. The van der Waals surface area contributed by atoms with Crippen LogP contribution in [-0.4, -0.2) is 83.7 Å². The number of anilines is 4. The number of nitrogens with one attached hydrogen (secondary N) is 3. The van der Waals surface area contributed by atoms with E-state index >= 15 is 4.39 Å². The minimum Gasteiger partial charge on any atom is -0.465 e. The van der Waals surface area contributed by atoms with Gasteiger partial charge in [-0.15, -0.1) is 0 Å². The third-order valence-corrected chi connectivity index (χ3v) is 13.9. The van der Waals surface area contributed by atoms with E-state index < -0.39 is 75.1 Å². The Kier molecular flexibility index (Phi) is 18.4. The Bertz CT molecular complexity index is 3620. The van der Waals surface area contributed by atoms with Gasteiger partial charge in [0, 0.05) is 90.9 Å². The molecule has 1 spiro atoms. The maximum Gasteiger partial charge on any atom is 0.337 e. The van der Waals surface area contributed by atoms with Gasteiger partial charge in [0.25, 0.3) is 5.91 Å². The number of hydrogen-bond donors (Lipinski definition) is 5. The summed E-state index contributed by atoms with van der Waals surface area (Å²) in [5.74, 6) is -5.97. The number of ether oxygens (including phenoxy) is 2. The van der Waals surface area contributed by atoms with Crippen molar-refractivity contribution in [3.8, 4) is 0 Å². The second-order valence-electron chi connectivity index (χ2n) is 17.6. The Morgan fingerprint density at radius 3 is 1.90 bits per heavy atom. The van der Waals surface area contributed by atoms with Gasteiger partial charge in [-0.2, -0.15) is 0 Å². The lowest BCUT2D eigenvalue weighted by atomic mass is 9.74. The fraction of sp³-hybridized carbons (Fsp3) is 0.167. The molecule has 9 rings (SSSR count). The summed E-state index contributed by atoms with van der Waals surface area (Å²) in [6.07, 6.45) is 1.32. The van der Waals surface area contributed by atoms with Gasteiger partial charge in [-0.25, -0.2) is 18.4 Å². The van der Waals surface area contributed by atoms with E-state index in [0.717, 1.165) is 6.08 Å². The number of benzene rings is 6. The highest BCUT2D eigenvalue weighted by atomic mass is 35.5. The van der Waals surface area contributed by atoms with Crippen LogP contribution in [0.2, 0.25) is 20.1 Å². The van der Waals surface area contributed by atoms with Crippen LogP contribution in [0.3, 0.4) is 0 Å². The molecule has 0 aliphatic carbocycles. The third kappa shape index (κ3) is 12.4. The number of halogens is 6. The number of Topliss-reactive ketones (excluding diaryl/α,β-unsaturated/α-hetero) is 2. The molecule has 2 amide bonds. The largest absolute Gasteiger partial charge is 0.465 e. The number of hydrogen-bond acceptors (Lipinski definition) is 16. The number of methoxy groups -OCH3 is 2. The van der Waals surface area contributed by atoms with Gasteiger partial charge in [-0.05, 0) is 78.9 Å². The van der Waals surface area contributed by atoms with E-state index in [-0.39, 0.29) is 79.6 Å². The quantitative estimate of drug-likeness (QED) is 0.0236. The van der Waals surface area contributed by atoms with Crippen molar-refractivity contribution in [2.75, 3.05) is 42.9 Å². The van der Waals surface area contributed by atoms with Crippen molar-refractivity contribution in [2.45, 2.75) is 36.4 Å². The predicted molar refractivity (Wildman–Crippen MR) is 295 cm³/mol. The summed E-state index contributed by atoms with van der Waals surface area (Å²) >= 11 is 23.5. The molecule has 3 aliphatic heterocycles. The third-order valence-electron chi connectivity index (χ3n) is 12.8. The fourth-order valence-corrected chi connectivity index (χ4v) is 9.96. The summed E-state index contributed by atoms with van der Waals surface area (Å²) < 4.78 is 37.8. The molecule has 6 aromatic rings. The lowest BCUT2D eigenvalue weighted by molar-refractivity contribution is -0.526. The molecule has 0 radical (unpaired) electrons. The molecule has 7 N–H and O–H groups in total. The lowest BCUT2D eigenvalue weighted by Gasteiger charge is -2.30. The summed E-state index contributed by atoms with van der Waals surface area (Å²) in [6, 6.07) is 23.3.